The van der Waals surface area contributed by atoms with Gasteiger partial charge in [0.25, 0.3) is 0 Å². The van der Waals surface area contributed by atoms with Crippen LogP contribution in [0.1, 0.15) is 46.3 Å². The highest BCUT2D eigenvalue weighted by atomic mass is 32.1. The molecule has 2 fully saturated rings. The first kappa shape index (κ1) is 15.8. The molecule has 2 aromatic rings. The Kier molecular flexibility index (Phi) is 3.92. The van der Waals surface area contributed by atoms with E-state index < -0.39 is 0 Å². The summed E-state index contributed by atoms with van der Waals surface area (Å²) in [5.41, 5.74) is 0. The van der Waals surface area contributed by atoms with Crippen LogP contribution < -0.4 is 0 Å². The fourth-order valence-electron chi connectivity index (χ4n) is 3.54. The summed E-state index contributed by atoms with van der Waals surface area (Å²) in [4.78, 5) is 21.9. The number of aryl methyl sites for hydroxylation is 2. The molecule has 0 N–H and O–H groups in total. The van der Waals surface area contributed by atoms with Crippen LogP contribution in [0, 0.1) is 19.8 Å². The van der Waals surface area contributed by atoms with E-state index in [1.165, 1.54) is 9.75 Å². The maximum atomic E-state index is 13.0. The van der Waals surface area contributed by atoms with E-state index in [1.54, 1.807) is 25.4 Å². The van der Waals surface area contributed by atoms with Gasteiger partial charge in [0, 0.05) is 41.7 Å². The van der Waals surface area contributed by atoms with Crippen LogP contribution in [0.15, 0.2) is 16.7 Å². The monoisotopic (exact) mass is 347 g/mol. The van der Waals surface area contributed by atoms with Crippen molar-refractivity contribution in [3.8, 4) is 0 Å². The Morgan fingerprint density at radius 3 is 2.83 bits per heavy atom. The molecule has 1 saturated heterocycles. The predicted octanol–water partition coefficient (Wildman–Crippen LogP) is 2.84. The maximum absolute atomic E-state index is 13.0. The number of amides is 1. The summed E-state index contributed by atoms with van der Waals surface area (Å²) in [6.07, 6.45) is 1.66. The zero-order valence-electron chi connectivity index (χ0n) is 14.1. The van der Waals surface area contributed by atoms with Gasteiger partial charge in [-0.3, -0.25) is 4.79 Å². The zero-order chi connectivity index (χ0) is 16.8. The number of nitrogens with zero attached hydrogens (tertiary/aromatic N) is 3. The van der Waals surface area contributed by atoms with Crippen molar-refractivity contribution in [2.45, 2.75) is 44.8 Å². The topological polar surface area (TPSA) is 68.5 Å². The summed E-state index contributed by atoms with van der Waals surface area (Å²) in [5, 5.41) is 3.87. The van der Waals surface area contributed by atoms with E-state index >= 15 is 0 Å². The van der Waals surface area contributed by atoms with Crippen molar-refractivity contribution in [1.29, 1.82) is 0 Å². The third-order valence-corrected chi connectivity index (χ3v) is 6.07. The smallest absolute Gasteiger partial charge is 0.249 e. The van der Waals surface area contributed by atoms with Crippen LogP contribution in [0.5, 0.6) is 0 Å². The Bertz CT molecular complexity index is 756. The average Bonchev–Trinajstić information content (AvgIpc) is 2.90. The van der Waals surface area contributed by atoms with E-state index in [2.05, 4.69) is 29.2 Å². The van der Waals surface area contributed by atoms with Crippen molar-refractivity contribution in [2.24, 2.45) is 5.92 Å². The first-order valence-corrected chi connectivity index (χ1v) is 9.08. The molecule has 0 unspecified atom stereocenters. The van der Waals surface area contributed by atoms with Gasteiger partial charge in [-0.15, -0.1) is 11.3 Å². The van der Waals surface area contributed by atoms with E-state index in [9.17, 15) is 4.79 Å². The molecular formula is C17H21N3O3S. The van der Waals surface area contributed by atoms with Crippen molar-refractivity contribution >= 4 is 17.2 Å². The first-order valence-electron chi connectivity index (χ1n) is 8.26. The molecule has 1 saturated carbocycles. The molecule has 1 aliphatic heterocycles. The number of ether oxygens (including phenoxy) is 1. The molecule has 128 valence electrons. The number of hydrogen-bond acceptors (Lipinski definition) is 6. The Hall–Kier alpha value is -1.73. The van der Waals surface area contributed by atoms with Gasteiger partial charge in [0.05, 0.1) is 6.10 Å². The number of aromatic nitrogens is 2. The van der Waals surface area contributed by atoms with Gasteiger partial charge in [0.15, 0.2) is 5.82 Å². The minimum atomic E-state index is -0.171. The Labute approximate surface area is 144 Å². The fourth-order valence-corrected chi connectivity index (χ4v) is 4.60. The number of carbonyl (C=O) groups excluding carboxylic acids is 1. The third kappa shape index (κ3) is 2.75. The lowest BCUT2D eigenvalue weighted by Crippen LogP contribution is -2.33. The fraction of sp³-hybridized carbons (Fsp3) is 0.588. The normalized spacial score (nSPS) is 29.2. The quantitative estimate of drug-likeness (QED) is 0.851. The summed E-state index contributed by atoms with van der Waals surface area (Å²) in [5.74, 6) is 1.74. The van der Waals surface area contributed by atoms with E-state index in [-0.39, 0.29) is 24.0 Å². The Morgan fingerprint density at radius 1 is 1.38 bits per heavy atom. The Morgan fingerprint density at radius 2 is 2.21 bits per heavy atom. The van der Waals surface area contributed by atoms with Gasteiger partial charge in [-0.05, 0) is 32.4 Å². The highest BCUT2D eigenvalue weighted by Gasteiger charge is 2.50. The lowest BCUT2D eigenvalue weighted by atomic mass is 10.2. The van der Waals surface area contributed by atoms with Gasteiger partial charge in [0.2, 0.25) is 11.8 Å². The maximum Gasteiger partial charge on any atom is 0.249 e. The number of hydrogen-bond donors (Lipinski definition) is 0. The molecule has 0 aromatic carbocycles. The largest absolute Gasteiger partial charge is 0.380 e. The van der Waals surface area contributed by atoms with Crippen molar-refractivity contribution in [2.75, 3.05) is 13.7 Å². The van der Waals surface area contributed by atoms with Gasteiger partial charge in [0.1, 0.15) is 6.04 Å². The molecule has 3 heterocycles. The van der Waals surface area contributed by atoms with Crippen LogP contribution in [0.3, 0.4) is 0 Å². The molecule has 4 rings (SSSR count). The first-order chi connectivity index (χ1) is 11.6. The molecule has 1 amide bonds. The second-order valence-corrected chi connectivity index (χ2v) is 8.00. The molecule has 0 bridgehead atoms. The summed E-state index contributed by atoms with van der Waals surface area (Å²) < 4.78 is 10.8. The Balaban J connectivity index is 1.52. The predicted molar refractivity (Wildman–Crippen MR) is 88.8 cm³/mol. The van der Waals surface area contributed by atoms with Crippen LogP contribution in [-0.2, 0) is 9.53 Å². The van der Waals surface area contributed by atoms with Crippen LogP contribution in [-0.4, -0.2) is 40.7 Å². The highest BCUT2D eigenvalue weighted by Crippen LogP contribution is 2.52. The van der Waals surface area contributed by atoms with Crippen molar-refractivity contribution in [1.82, 2.24) is 15.0 Å². The molecule has 4 atom stereocenters. The number of methoxy groups -OCH3 is 1. The van der Waals surface area contributed by atoms with Crippen molar-refractivity contribution < 1.29 is 14.1 Å². The number of thiophene rings is 1. The molecule has 2 aromatic heterocycles. The minimum absolute atomic E-state index is 0.0207. The number of likely N-dealkylation sites (tertiary alicyclic amines) is 1. The molecule has 6 nitrogen and oxygen atoms in total. The lowest BCUT2D eigenvalue weighted by molar-refractivity contribution is -0.134. The minimum Gasteiger partial charge on any atom is -0.380 e. The van der Waals surface area contributed by atoms with Crippen LogP contribution in [0.25, 0.3) is 0 Å². The summed E-state index contributed by atoms with van der Waals surface area (Å²) in [7, 11) is 1.68. The standard InChI is InChI=1S/C17H21N3O3S/c1-9-4-5-15(24-9)12-7-13(12)17(21)20-8-11(22-3)6-14(20)16-18-10(2)19-23-16/h4-5,11-14H,6-8H2,1-3H3/t11-,12+,13+,14+/m0/s1. The number of rotatable bonds is 4. The molecule has 24 heavy (non-hydrogen) atoms. The molecule has 2 aliphatic rings. The zero-order valence-corrected chi connectivity index (χ0v) is 14.9. The molecule has 0 radical (unpaired) electrons. The molecule has 7 heteroatoms. The second kappa shape index (κ2) is 5.97. The summed E-state index contributed by atoms with van der Waals surface area (Å²) in [6, 6.07) is 4.11. The van der Waals surface area contributed by atoms with Crippen LogP contribution in [0.2, 0.25) is 0 Å². The van der Waals surface area contributed by atoms with E-state index in [0.29, 0.717) is 30.6 Å². The second-order valence-electron chi connectivity index (χ2n) is 6.68. The van der Waals surface area contributed by atoms with E-state index in [0.717, 1.165) is 6.42 Å². The summed E-state index contributed by atoms with van der Waals surface area (Å²) >= 11 is 1.79. The van der Waals surface area contributed by atoms with E-state index in [4.69, 9.17) is 9.26 Å². The van der Waals surface area contributed by atoms with Gasteiger partial charge < -0.3 is 14.2 Å². The SMILES string of the molecule is CO[C@H]1C[C@H](c2nc(C)no2)N(C(=O)[C@@H]2C[C@H]2c2ccc(C)s2)C1. The van der Waals surface area contributed by atoms with Gasteiger partial charge >= 0.3 is 0 Å². The molecular weight excluding hydrogens is 326 g/mol. The van der Waals surface area contributed by atoms with Crippen LogP contribution >= 0.6 is 11.3 Å². The lowest BCUT2D eigenvalue weighted by Gasteiger charge is -2.21. The van der Waals surface area contributed by atoms with Crippen molar-refractivity contribution in [3.05, 3.63) is 33.6 Å². The molecule has 1 aliphatic carbocycles. The van der Waals surface area contributed by atoms with Crippen LogP contribution in [0.4, 0.5) is 0 Å². The van der Waals surface area contributed by atoms with Gasteiger partial charge in [-0.25, -0.2) is 0 Å². The van der Waals surface area contributed by atoms with Crippen molar-refractivity contribution in [3.63, 3.8) is 0 Å². The third-order valence-electron chi connectivity index (χ3n) is 4.94. The molecule has 0 spiro atoms. The number of carbonyl (C=O) groups is 1. The average molecular weight is 347 g/mol. The summed E-state index contributed by atoms with van der Waals surface area (Å²) in [6.45, 7) is 4.48. The van der Waals surface area contributed by atoms with E-state index in [1.807, 2.05) is 4.90 Å². The highest BCUT2D eigenvalue weighted by molar-refractivity contribution is 7.12. The van der Waals surface area contributed by atoms with Gasteiger partial charge in [-0.1, -0.05) is 5.16 Å². The van der Waals surface area contributed by atoms with Gasteiger partial charge in [-0.2, -0.15) is 4.98 Å².